The third kappa shape index (κ3) is 3.10. The summed E-state index contributed by atoms with van der Waals surface area (Å²) in [6.45, 7) is 2.71. The Balaban J connectivity index is 1.74. The molecule has 1 saturated carbocycles. The lowest BCUT2D eigenvalue weighted by atomic mass is 10.1. The molecule has 1 aromatic rings. The molecule has 2 fully saturated rings. The van der Waals surface area contributed by atoms with Crippen LogP contribution in [0, 0.1) is 11.7 Å². The Bertz CT molecular complexity index is 515. The molecule has 0 radical (unpaired) electrons. The van der Waals surface area contributed by atoms with Crippen LogP contribution in [0.25, 0.3) is 0 Å². The van der Waals surface area contributed by atoms with Crippen LogP contribution in [0.15, 0.2) is 24.3 Å². The van der Waals surface area contributed by atoms with E-state index in [2.05, 4.69) is 5.32 Å². The molecule has 3 nitrogen and oxygen atoms in total. The molecule has 114 valence electrons. The fraction of sp³-hybridized carbons (Fsp3) is 0.588. The summed E-state index contributed by atoms with van der Waals surface area (Å²) in [6, 6.07) is 6.56. The minimum Gasteiger partial charge on any atom is -0.321 e. The molecular weight excluding hydrogens is 267 g/mol. The minimum absolute atomic E-state index is 0.113. The zero-order chi connectivity index (χ0) is 14.8. The summed E-state index contributed by atoms with van der Waals surface area (Å²) in [5, 5.41) is 3.29. The summed E-state index contributed by atoms with van der Waals surface area (Å²) < 4.78 is 14.1. The maximum absolute atomic E-state index is 14.1. The van der Waals surface area contributed by atoms with Gasteiger partial charge >= 0.3 is 0 Å². The number of rotatable bonds is 6. The normalized spacial score (nSPS) is 25.6. The third-order valence-electron chi connectivity index (χ3n) is 4.57. The van der Waals surface area contributed by atoms with Gasteiger partial charge < -0.3 is 4.90 Å². The largest absolute Gasteiger partial charge is 0.321 e. The standard InChI is InChI=1S/C17H23FN2O/c1-2-15-17(21)20(11-5-6-12-9-10-12)16(19-15)13-7-3-4-8-14(13)18/h3-4,7-8,12,15-16,19H,2,5-6,9-11H2,1H3. The topological polar surface area (TPSA) is 32.3 Å². The van der Waals surface area contributed by atoms with Gasteiger partial charge in [-0.3, -0.25) is 10.1 Å². The van der Waals surface area contributed by atoms with E-state index in [-0.39, 0.29) is 23.9 Å². The van der Waals surface area contributed by atoms with E-state index in [0.29, 0.717) is 5.56 Å². The molecule has 2 unspecified atom stereocenters. The van der Waals surface area contributed by atoms with E-state index < -0.39 is 0 Å². The number of hydrogen-bond donors (Lipinski definition) is 1. The molecule has 2 aliphatic rings. The molecule has 1 aromatic carbocycles. The fourth-order valence-electron chi connectivity index (χ4n) is 3.12. The molecule has 1 aliphatic carbocycles. The van der Waals surface area contributed by atoms with Crippen molar-refractivity contribution >= 4 is 5.91 Å². The average Bonchev–Trinajstić information content (AvgIpc) is 3.25. The van der Waals surface area contributed by atoms with E-state index in [1.807, 2.05) is 17.9 Å². The highest BCUT2D eigenvalue weighted by Crippen LogP contribution is 2.34. The first-order chi connectivity index (χ1) is 10.2. The lowest BCUT2D eigenvalue weighted by molar-refractivity contribution is -0.130. The number of carbonyl (C=O) groups is 1. The summed E-state index contributed by atoms with van der Waals surface area (Å²) in [7, 11) is 0. The number of nitrogens with zero attached hydrogens (tertiary/aromatic N) is 1. The molecule has 1 heterocycles. The van der Waals surface area contributed by atoms with Crippen LogP contribution in [0.4, 0.5) is 4.39 Å². The number of benzene rings is 1. The Morgan fingerprint density at radius 1 is 1.33 bits per heavy atom. The molecule has 1 amide bonds. The van der Waals surface area contributed by atoms with Gasteiger partial charge in [0.05, 0.1) is 6.04 Å². The van der Waals surface area contributed by atoms with Crippen LogP contribution < -0.4 is 5.32 Å². The van der Waals surface area contributed by atoms with Gasteiger partial charge in [-0.05, 0) is 31.2 Å². The summed E-state index contributed by atoms with van der Waals surface area (Å²) >= 11 is 0. The molecule has 21 heavy (non-hydrogen) atoms. The SMILES string of the molecule is CCC1NC(c2ccccc2F)N(CCCC2CC2)C1=O. The summed E-state index contributed by atoms with van der Waals surface area (Å²) in [5.74, 6) is 0.734. The second-order valence-electron chi connectivity index (χ2n) is 6.17. The van der Waals surface area contributed by atoms with E-state index in [9.17, 15) is 9.18 Å². The quantitative estimate of drug-likeness (QED) is 0.872. The highest BCUT2D eigenvalue weighted by molar-refractivity contribution is 5.84. The highest BCUT2D eigenvalue weighted by Gasteiger charge is 2.39. The van der Waals surface area contributed by atoms with Gasteiger partial charge in [0.15, 0.2) is 0 Å². The van der Waals surface area contributed by atoms with Gasteiger partial charge in [-0.1, -0.05) is 38.0 Å². The van der Waals surface area contributed by atoms with Crippen molar-refractivity contribution in [2.24, 2.45) is 5.92 Å². The van der Waals surface area contributed by atoms with Crippen molar-refractivity contribution in [3.8, 4) is 0 Å². The number of carbonyl (C=O) groups excluding carboxylic acids is 1. The Labute approximate surface area is 125 Å². The van der Waals surface area contributed by atoms with Gasteiger partial charge in [0.1, 0.15) is 12.0 Å². The van der Waals surface area contributed by atoms with E-state index >= 15 is 0 Å². The van der Waals surface area contributed by atoms with Crippen molar-refractivity contribution in [3.63, 3.8) is 0 Å². The second kappa shape index (κ2) is 6.14. The Kier molecular flexibility index (Phi) is 4.24. The first-order valence-electron chi connectivity index (χ1n) is 8.01. The third-order valence-corrected chi connectivity index (χ3v) is 4.57. The summed E-state index contributed by atoms with van der Waals surface area (Å²) in [4.78, 5) is 14.3. The molecule has 0 spiro atoms. The van der Waals surface area contributed by atoms with Crippen LogP contribution in [0.2, 0.25) is 0 Å². The maximum atomic E-state index is 14.1. The monoisotopic (exact) mass is 290 g/mol. The lowest BCUT2D eigenvalue weighted by Crippen LogP contribution is -2.32. The van der Waals surface area contributed by atoms with Crippen LogP contribution in [-0.4, -0.2) is 23.4 Å². The summed E-state index contributed by atoms with van der Waals surface area (Å²) in [6.07, 6.45) is 5.29. The molecule has 1 aliphatic heterocycles. The molecule has 1 saturated heterocycles. The Morgan fingerprint density at radius 3 is 2.76 bits per heavy atom. The zero-order valence-corrected chi connectivity index (χ0v) is 12.5. The Hall–Kier alpha value is -1.42. The van der Waals surface area contributed by atoms with Crippen molar-refractivity contribution in [2.75, 3.05) is 6.54 Å². The number of amides is 1. The molecule has 4 heteroatoms. The second-order valence-corrected chi connectivity index (χ2v) is 6.17. The van der Waals surface area contributed by atoms with Crippen LogP contribution >= 0.6 is 0 Å². The molecule has 3 rings (SSSR count). The maximum Gasteiger partial charge on any atom is 0.241 e. The number of halogens is 1. The van der Waals surface area contributed by atoms with Crippen molar-refractivity contribution in [1.29, 1.82) is 0 Å². The molecule has 0 bridgehead atoms. The van der Waals surface area contributed by atoms with Gasteiger partial charge in [-0.15, -0.1) is 0 Å². The number of hydrogen-bond acceptors (Lipinski definition) is 2. The van der Waals surface area contributed by atoms with Crippen molar-refractivity contribution < 1.29 is 9.18 Å². The van der Waals surface area contributed by atoms with Crippen LogP contribution in [0.5, 0.6) is 0 Å². The predicted octanol–water partition coefficient (Wildman–Crippen LogP) is 3.22. The zero-order valence-electron chi connectivity index (χ0n) is 12.5. The van der Waals surface area contributed by atoms with Gasteiger partial charge in [-0.25, -0.2) is 4.39 Å². The lowest BCUT2D eigenvalue weighted by Gasteiger charge is -2.25. The van der Waals surface area contributed by atoms with E-state index in [1.54, 1.807) is 12.1 Å². The molecule has 1 N–H and O–H groups in total. The van der Waals surface area contributed by atoms with E-state index in [1.165, 1.54) is 25.3 Å². The van der Waals surface area contributed by atoms with Gasteiger partial charge in [0.2, 0.25) is 5.91 Å². The van der Waals surface area contributed by atoms with Gasteiger partial charge in [0, 0.05) is 12.1 Å². The van der Waals surface area contributed by atoms with Gasteiger partial charge in [-0.2, -0.15) is 0 Å². The molecule has 0 aromatic heterocycles. The van der Waals surface area contributed by atoms with Crippen LogP contribution in [0.1, 0.15) is 50.8 Å². The van der Waals surface area contributed by atoms with Crippen molar-refractivity contribution in [1.82, 2.24) is 10.2 Å². The smallest absolute Gasteiger partial charge is 0.241 e. The van der Waals surface area contributed by atoms with Crippen LogP contribution in [-0.2, 0) is 4.79 Å². The first kappa shape index (κ1) is 14.5. The van der Waals surface area contributed by atoms with Crippen LogP contribution in [0.3, 0.4) is 0 Å². The van der Waals surface area contributed by atoms with Crippen molar-refractivity contribution in [2.45, 2.75) is 51.2 Å². The van der Waals surface area contributed by atoms with Crippen molar-refractivity contribution in [3.05, 3.63) is 35.6 Å². The Morgan fingerprint density at radius 2 is 2.10 bits per heavy atom. The van der Waals surface area contributed by atoms with E-state index in [0.717, 1.165) is 25.3 Å². The van der Waals surface area contributed by atoms with E-state index in [4.69, 9.17) is 0 Å². The first-order valence-corrected chi connectivity index (χ1v) is 8.01. The predicted molar refractivity (Wildman–Crippen MR) is 80.0 cm³/mol. The molecular formula is C17H23FN2O. The summed E-state index contributed by atoms with van der Waals surface area (Å²) in [5.41, 5.74) is 0.577. The van der Waals surface area contributed by atoms with Gasteiger partial charge in [0.25, 0.3) is 0 Å². The minimum atomic E-state index is -0.317. The average molecular weight is 290 g/mol. The highest BCUT2D eigenvalue weighted by atomic mass is 19.1. The molecule has 2 atom stereocenters. The fourth-order valence-corrected chi connectivity index (χ4v) is 3.12. The number of nitrogens with one attached hydrogen (secondary N) is 1.